The lowest BCUT2D eigenvalue weighted by Crippen LogP contribution is -2.57. The summed E-state index contributed by atoms with van der Waals surface area (Å²) in [5.74, 6) is -0.570. The summed E-state index contributed by atoms with van der Waals surface area (Å²) in [4.78, 5) is 25.7. The van der Waals surface area contributed by atoms with E-state index in [0.29, 0.717) is 6.42 Å². The molecule has 5 unspecified atom stereocenters. The van der Waals surface area contributed by atoms with Gasteiger partial charge >= 0.3 is 5.97 Å². The van der Waals surface area contributed by atoms with Gasteiger partial charge in [-0.1, -0.05) is 23.8 Å². The number of halogens is 1. The number of epoxide rings is 1. The summed E-state index contributed by atoms with van der Waals surface area (Å²) in [5, 5.41) is 0. The van der Waals surface area contributed by atoms with Gasteiger partial charge in [-0.25, -0.2) is 4.79 Å². The number of hydrogen-bond acceptors (Lipinski definition) is 6. The molecule has 1 aliphatic heterocycles. The highest BCUT2D eigenvalue weighted by Gasteiger charge is 2.67. The number of alkyl halides is 1. The third kappa shape index (κ3) is 6.03. The molecule has 1 aromatic rings. The predicted molar refractivity (Wildman–Crippen MR) is 136 cm³/mol. The molecule has 1 aromatic carbocycles. The average molecular weight is 492 g/mol. The molecule has 1 aliphatic carbocycles. The second-order valence-corrected chi connectivity index (χ2v) is 10.2. The van der Waals surface area contributed by atoms with Gasteiger partial charge in [0.25, 0.3) is 0 Å². The first-order valence-corrected chi connectivity index (χ1v) is 12.4. The number of benzene rings is 1. The van der Waals surface area contributed by atoms with Gasteiger partial charge in [0.1, 0.15) is 11.2 Å². The molecular formula is C27H38ClNO5. The summed E-state index contributed by atoms with van der Waals surface area (Å²) >= 11 is 6.50. The Hall–Kier alpha value is -1.86. The van der Waals surface area contributed by atoms with Gasteiger partial charge in [-0.15, -0.1) is 11.6 Å². The molecule has 3 rings (SSSR count). The second kappa shape index (κ2) is 11.3. The van der Waals surface area contributed by atoms with Crippen molar-refractivity contribution in [2.45, 2.75) is 69.9 Å². The highest BCUT2D eigenvalue weighted by molar-refractivity contribution is 6.18. The fourth-order valence-corrected chi connectivity index (χ4v) is 5.39. The third-order valence-corrected chi connectivity index (χ3v) is 7.46. The van der Waals surface area contributed by atoms with Crippen LogP contribution in [0.3, 0.4) is 0 Å². The van der Waals surface area contributed by atoms with Crippen molar-refractivity contribution >= 4 is 29.3 Å². The predicted octanol–water partition coefficient (Wildman–Crippen LogP) is 5.55. The van der Waals surface area contributed by atoms with E-state index in [1.54, 1.807) is 13.2 Å². The van der Waals surface area contributed by atoms with E-state index in [1.165, 1.54) is 11.6 Å². The molecule has 0 amide bonds. The Kier molecular flexibility index (Phi) is 8.85. The molecule has 1 heterocycles. The van der Waals surface area contributed by atoms with Crippen LogP contribution in [0, 0.1) is 5.92 Å². The normalized spacial score (nSPS) is 30.7. The quantitative estimate of drug-likeness (QED) is 0.107. The van der Waals surface area contributed by atoms with Crippen molar-refractivity contribution < 1.29 is 24.0 Å². The maximum absolute atomic E-state index is 12.5. The molecule has 0 aromatic heterocycles. The van der Waals surface area contributed by atoms with Crippen LogP contribution in [0.1, 0.15) is 52.0 Å². The Morgan fingerprint density at radius 2 is 1.97 bits per heavy atom. The first kappa shape index (κ1) is 26.7. The van der Waals surface area contributed by atoms with Crippen molar-refractivity contribution in [3.05, 3.63) is 47.6 Å². The Morgan fingerprint density at radius 3 is 2.56 bits per heavy atom. The van der Waals surface area contributed by atoms with Gasteiger partial charge in [-0.3, -0.25) is 4.89 Å². The van der Waals surface area contributed by atoms with Crippen molar-refractivity contribution in [3.63, 3.8) is 0 Å². The van der Waals surface area contributed by atoms with Crippen molar-refractivity contribution in [1.82, 2.24) is 0 Å². The molecule has 7 heteroatoms. The molecule has 0 radical (unpaired) electrons. The number of ether oxygens (including phenoxy) is 2. The van der Waals surface area contributed by atoms with E-state index >= 15 is 0 Å². The second-order valence-electron chi connectivity index (χ2n) is 9.95. The van der Waals surface area contributed by atoms with Crippen LogP contribution < -0.4 is 4.90 Å². The summed E-state index contributed by atoms with van der Waals surface area (Å²) in [6, 6.07) is 7.86. The number of anilines is 1. The van der Waals surface area contributed by atoms with E-state index in [1.807, 2.05) is 43.3 Å². The maximum Gasteiger partial charge on any atom is 0.365 e. The van der Waals surface area contributed by atoms with E-state index in [9.17, 15) is 4.79 Å². The summed E-state index contributed by atoms with van der Waals surface area (Å²) in [7, 11) is 5.67. The molecule has 188 valence electrons. The van der Waals surface area contributed by atoms with Crippen LogP contribution in [0.25, 0.3) is 6.08 Å². The number of carbonyl (C=O) groups is 1. The van der Waals surface area contributed by atoms with Crippen molar-refractivity contribution in [3.8, 4) is 0 Å². The molecule has 2 aliphatic rings. The number of methoxy groups -OCH3 is 1. The molecular weight excluding hydrogens is 454 g/mol. The van der Waals surface area contributed by atoms with E-state index in [-0.39, 0.29) is 24.0 Å². The minimum Gasteiger partial charge on any atom is -0.381 e. The van der Waals surface area contributed by atoms with Gasteiger partial charge in [-0.2, -0.15) is 4.89 Å². The Morgan fingerprint density at radius 1 is 1.26 bits per heavy atom. The zero-order chi connectivity index (χ0) is 24.9. The SMILES string of the molecule is COC1CCCC(CCl)(OOC(=O)C=Cc2ccc(N(C)C)cc2)C1C1(C)OC1CC=C(C)C. The molecule has 2 fully saturated rings. The zero-order valence-electron chi connectivity index (χ0n) is 21.2. The fourth-order valence-electron chi connectivity index (χ4n) is 5.05. The number of carbonyl (C=O) groups excluding carboxylic acids is 1. The van der Waals surface area contributed by atoms with Crippen molar-refractivity contribution in [2.75, 3.05) is 32.0 Å². The first-order chi connectivity index (χ1) is 16.1. The van der Waals surface area contributed by atoms with Crippen LogP contribution >= 0.6 is 11.6 Å². The Bertz CT molecular complexity index is 895. The van der Waals surface area contributed by atoms with Crippen LogP contribution in [-0.4, -0.2) is 56.5 Å². The van der Waals surface area contributed by atoms with Crippen molar-refractivity contribution in [2.24, 2.45) is 5.92 Å². The zero-order valence-corrected chi connectivity index (χ0v) is 21.9. The maximum atomic E-state index is 12.5. The molecule has 1 saturated carbocycles. The molecule has 0 spiro atoms. The van der Waals surface area contributed by atoms with Crippen LogP contribution in [0.2, 0.25) is 0 Å². The molecule has 34 heavy (non-hydrogen) atoms. The van der Waals surface area contributed by atoms with Crippen LogP contribution in [0.15, 0.2) is 42.0 Å². The van der Waals surface area contributed by atoms with Gasteiger partial charge < -0.3 is 14.4 Å². The third-order valence-electron chi connectivity index (χ3n) is 7.00. The lowest BCUT2D eigenvalue weighted by molar-refractivity contribution is -0.353. The molecule has 5 atom stereocenters. The number of nitrogens with zero attached hydrogens (tertiary/aromatic N) is 1. The number of allylic oxidation sites excluding steroid dienone is 1. The molecule has 0 bridgehead atoms. The summed E-state index contributed by atoms with van der Waals surface area (Å²) in [6.45, 7) is 6.24. The monoisotopic (exact) mass is 491 g/mol. The van der Waals surface area contributed by atoms with Gasteiger partial charge in [0.2, 0.25) is 0 Å². The summed E-state index contributed by atoms with van der Waals surface area (Å²) in [6.07, 6.45) is 8.43. The van der Waals surface area contributed by atoms with Crippen LogP contribution in [-0.2, 0) is 24.0 Å². The fraction of sp³-hybridized carbons (Fsp3) is 0.593. The summed E-state index contributed by atoms with van der Waals surface area (Å²) < 4.78 is 12.0. The Balaban J connectivity index is 1.70. The van der Waals surface area contributed by atoms with Crippen molar-refractivity contribution in [1.29, 1.82) is 0 Å². The van der Waals surface area contributed by atoms with Gasteiger partial charge in [0.05, 0.1) is 24.0 Å². The molecule has 6 nitrogen and oxygen atoms in total. The standard InChI is InChI=1S/C27H38ClNO5/c1-19(2)9-15-23-26(3,32-23)25-22(31-6)8-7-17-27(25,18-28)34-33-24(30)16-12-20-10-13-21(14-11-20)29(4)5/h9-14,16,22-23,25H,7-8,15,17-18H2,1-6H3. The van der Waals surface area contributed by atoms with E-state index in [4.69, 9.17) is 30.8 Å². The van der Waals surface area contributed by atoms with Crippen LogP contribution in [0.5, 0.6) is 0 Å². The van der Waals surface area contributed by atoms with E-state index in [0.717, 1.165) is 30.5 Å². The Labute approximate surface area is 208 Å². The minimum atomic E-state index is -0.883. The molecule has 1 saturated heterocycles. The van der Waals surface area contributed by atoms with Gasteiger partial charge in [0.15, 0.2) is 0 Å². The minimum absolute atomic E-state index is 0.0510. The summed E-state index contributed by atoms with van der Waals surface area (Å²) in [5.41, 5.74) is 1.89. The van der Waals surface area contributed by atoms with Crippen LogP contribution in [0.4, 0.5) is 5.69 Å². The number of hydrogen-bond donors (Lipinski definition) is 0. The number of rotatable bonds is 10. The highest BCUT2D eigenvalue weighted by Crippen LogP contribution is 2.55. The van der Waals surface area contributed by atoms with Gasteiger partial charge in [-0.05, 0) is 70.2 Å². The lowest BCUT2D eigenvalue weighted by atomic mass is 9.67. The smallest absolute Gasteiger partial charge is 0.365 e. The lowest BCUT2D eigenvalue weighted by Gasteiger charge is -2.46. The van der Waals surface area contributed by atoms with E-state index in [2.05, 4.69) is 26.8 Å². The average Bonchev–Trinajstić information content (AvgIpc) is 3.50. The highest BCUT2D eigenvalue weighted by atomic mass is 35.5. The first-order valence-electron chi connectivity index (χ1n) is 11.9. The van der Waals surface area contributed by atoms with E-state index < -0.39 is 17.2 Å². The molecule has 0 N–H and O–H groups in total. The van der Waals surface area contributed by atoms with Gasteiger partial charge in [0, 0.05) is 33.0 Å². The topological polar surface area (TPSA) is 60.5 Å². The largest absolute Gasteiger partial charge is 0.381 e.